The fraction of sp³-hybridized carbons (Fsp3) is 0.200. The minimum absolute atomic E-state index is 0.195. The van der Waals surface area contributed by atoms with Gasteiger partial charge in [-0.05, 0) is 74.6 Å². The molecule has 3 unspecified atom stereocenters. The number of hydrogen-bond acceptors (Lipinski definition) is 3. The lowest BCUT2D eigenvalue weighted by atomic mass is 9.78. The Balaban J connectivity index is 1.63. The first-order chi connectivity index (χ1) is 15.8. The van der Waals surface area contributed by atoms with Gasteiger partial charge in [0.05, 0.1) is 6.04 Å². The van der Waals surface area contributed by atoms with Crippen molar-refractivity contribution in [1.29, 1.82) is 0 Å². The highest BCUT2D eigenvalue weighted by molar-refractivity contribution is 7.80. The van der Waals surface area contributed by atoms with Crippen molar-refractivity contribution in [2.24, 2.45) is 5.92 Å². The van der Waals surface area contributed by atoms with E-state index < -0.39 is 11.6 Å². The lowest BCUT2D eigenvalue weighted by molar-refractivity contribution is -0.130. The maximum absolute atomic E-state index is 13.8. The van der Waals surface area contributed by atoms with Crippen LogP contribution in [0.25, 0.3) is 0 Å². The summed E-state index contributed by atoms with van der Waals surface area (Å²) in [6.45, 7) is 3.90. The predicted octanol–water partition coefficient (Wildman–Crippen LogP) is 6.10. The third-order valence-corrected chi connectivity index (χ3v) is 6.90. The second-order valence-corrected chi connectivity index (χ2v) is 9.67. The van der Waals surface area contributed by atoms with Crippen LogP contribution >= 0.6 is 35.4 Å². The number of rotatable bonds is 3. The zero-order chi connectivity index (χ0) is 23.3. The van der Waals surface area contributed by atoms with Crippen molar-refractivity contribution in [2.75, 3.05) is 10.2 Å². The molecule has 2 bridgehead atoms. The van der Waals surface area contributed by atoms with Crippen LogP contribution in [0.4, 0.5) is 11.4 Å². The van der Waals surface area contributed by atoms with Crippen LogP contribution in [-0.2, 0) is 4.79 Å². The number of aryl methyl sites for hydroxylation is 1. The molecule has 5 nitrogen and oxygen atoms in total. The van der Waals surface area contributed by atoms with E-state index >= 15 is 0 Å². The second-order valence-electron chi connectivity index (χ2n) is 8.41. The standard InChI is InChI=1S/C25H21Cl2N3O2S/c1-14-6-11-20-19(12-14)22-21(23(31)28-17-9-7-15(26)8-10-17)25(2,32-20)30(24(33)29-22)18-5-3-4-16(27)13-18/h3-13,21-22H,1-2H3,(H,28,31)(H,29,33). The van der Waals surface area contributed by atoms with Crippen LogP contribution in [0.2, 0.25) is 10.0 Å². The first-order valence-corrected chi connectivity index (χ1v) is 11.6. The summed E-state index contributed by atoms with van der Waals surface area (Å²) in [5.41, 5.74) is 2.26. The molecule has 168 valence electrons. The van der Waals surface area contributed by atoms with Gasteiger partial charge in [-0.2, -0.15) is 0 Å². The number of amides is 1. The van der Waals surface area contributed by atoms with E-state index in [9.17, 15) is 4.79 Å². The van der Waals surface area contributed by atoms with Gasteiger partial charge >= 0.3 is 0 Å². The molecule has 3 aromatic carbocycles. The van der Waals surface area contributed by atoms with Crippen molar-refractivity contribution in [3.05, 3.63) is 87.9 Å². The Labute approximate surface area is 207 Å². The number of benzene rings is 3. The monoisotopic (exact) mass is 497 g/mol. The molecule has 1 fully saturated rings. The third kappa shape index (κ3) is 3.82. The molecule has 5 rings (SSSR count). The lowest BCUT2D eigenvalue weighted by Crippen LogP contribution is -2.72. The van der Waals surface area contributed by atoms with Crippen molar-refractivity contribution in [3.63, 3.8) is 0 Å². The van der Waals surface area contributed by atoms with Gasteiger partial charge in [0.1, 0.15) is 11.7 Å². The lowest BCUT2D eigenvalue weighted by Gasteiger charge is -2.56. The molecule has 2 heterocycles. The second kappa shape index (κ2) is 8.20. The van der Waals surface area contributed by atoms with Crippen LogP contribution < -0.4 is 20.3 Å². The van der Waals surface area contributed by atoms with Gasteiger partial charge in [0.25, 0.3) is 0 Å². The Morgan fingerprint density at radius 1 is 1.09 bits per heavy atom. The number of fused-ring (bicyclic) bond motifs is 4. The quantitative estimate of drug-likeness (QED) is 0.428. The number of carbonyl (C=O) groups is 1. The third-order valence-electron chi connectivity index (χ3n) is 6.11. The van der Waals surface area contributed by atoms with Crippen LogP contribution in [0.3, 0.4) is 0 Å². The van der Waals surface area contributed by atoms with Gasteiger partial charge in [0.15, 0.2) is 10.8 Å². The normalized spacial score (nSPS) is 23.3. The van der Waals surface area contributed by atoms with E-state index in [0.29, 0.717) is 26.6 Å². The molecule has 0 saturated carbocycles. The number of nitrogens with zero attached hydrogens (tertiary/aromatic N) is 1. The van der Waals surface area contributed by atoms with E-state index in [4.69, 9.17) is 40.2 Å². The Bertz CT molecular complexity index is 1270. The smallest absolute Gasteiger partial charge is 0.236 e. The van der Waals surface area contributed by atoms with E-state index in [-0.39, 0.29) is 11.9 Å². The average molecular weight is 498 g/mol. The zero-order valence-corrected chi connectivity index (χ0v) is 20.3. The van der Waals surface area contributed by atoms with Crippen LogP contribution in [0.15, 0.2) is 66.7 Å². The number of halogens is 2. The molecule has 0 aromatic heterocycles. The topological polar surface area (TPSA) is 53.6 Å². The van der Waals surface area contributed by atoms with Gasteiger partial charge in [-0.1, -0.05) is 47.0 Å². The number of thiocarbonyl (C=S) groups is 1. The molecule has 0 aliphatic carbocycles. The zero-order valence-electron chi connectivity index (χ0n) is 17.9. The molecule has 0 spiro atoms. The molecule has 1 saturated heterocycles. The highest BCUT2D eigenvalue weighted by atomic mass is 35.5. The van der Waals surface area contributed by atoms with E-state index in [1.54, 1.807) is 30.3 Å². The largest absolute Gasteiger partial charge is 0.467 e. The highest BCUT2D eigenvalue weighted by Crippen LogP contribution is 2.50. The minimum Gasteiger partial charge on any atom is -0.467 e. The molecular formula is C25H21Cl2N3O2S. The molecule has 1 amide bonds. The molecule has 0 radical (unpaired) electrons. The summed E-state index contributed by atoms with van der Waals surface area (Å²) in [4.78, 5) is 15.6. The van der Waals surface area contributed by atoms with E-state index in [2.05, 4.69) is 10.6 Å². The summed E-state index contributed by atoms with van der Waals surface area (Å²) in [7, 11) is 0. The van der Waals surface area contributed by atoms with Gasteiger partial charge < -0.3 is 15.4 Å². The van der Waals surface area contributed by atoms with Crippen LogP contribution in [-0.4, -0.2) is 16.7 Å². The molecule has 3 aromatic rings. The fourth-order valence-electron chi connectivity index (χ4n) is 4.66. The molecule has 2 N–H and O–H groups in total. The van der Waals surface area contributed by atoms with E-state index in [0.717, 1.165) is 16.8 Å². The molecule has 33 heavy (non-hydrogen) atoms. The van der Waals surface area contributed by atoms with Gasteiger partial charge in [-0.25, -0.2) is 0 Å². The Morgan fingerprint density at radius 2 is 1.85 bits per heavy atom. The maximum atomic E-state index is 13.8. The van der Waals surface area contributed by atoms with Crippen molar-refractivity contribution >= 4 is 57.8 Å². The number of hydrogen-bond donors (Lipinski definition) is 2. The Kier molecular flexibility index (Phi) is 5.47. The van der Waals surface area contributed by atoms with Crippen molar-refractivity contribution < 1.29 is 9.53 Å². The summed E-state index contributed by atoms with van der Waals surface area (Å²) in [5.74, 6) is -0.113. The van der Waals surface area contributed by atoms with Crippen molar-refractivity contribution in [3.8, 4) is 5.75 Å². The molecular weight excluding hydrogens is 477 g/mol. The molecule has 2 aliphatic rings. The predicted molar refractivity (Wildman–Crippen MR) is 136 cm³/mol. The van der Waals surface area contributed by atoms with Gasteiger partial charge in [0.2, 0.25) is 5.91 Å². The van der Waals surface area contributed by atoms with Gasteiger partial charge in [-0.3, -0.25) is 9.69 Å². The summed E-state index contributed by atoms with van der Waals surface area (Å²) >= 11 is 18.1. The van der Waals surface area contributed by atoms with Crippen LogP contribution in [0.1, 0.15) is 24.1 Å². The maximum Gasteiger partial charge on any atom is 0.236 e. The van der Waals surface area contributed by atoms with E-state index in [1.165, 1.54) is 0 Å². The number of carbonyl (C=O) groups excluding carboxylic acids is 1. The SMILES string of the molecule is Cc1ccc2c(c1)C1NC(=S)N(c3cccc(Cl)c3)C(C)(O2)C1C(=O)Nc1ccc(Cl)cc1. The summed E-state index contributed by atoms with van der Waals surface area (Å²) < 4.78 is 6.59. The van der Waals surface area contributed by atoms with Crippen molar-refractivity contribution in [2.45, 2.75) is 25.6 Å². The van der Waals surface area contributed by atoms with Crippen LogP contribution in [0.5, 0.6) is 5.75 Å². The first-order valence-electron chi connectivity index (χ1n) is 10.5. The fourth-order valence-corrected chi connectivity index (χ4v) is 5.38. The Hall–Kier alpha value is -2.80. The number of anilines is 2. The molecule has 2 aliphatic heterocycles. The summed E-state index contributed by atoms with van der Waals surface area (Å²) in [5, 5.41) is 8.05. The number of ether oxygens (including phenoxy) is 1. The van der Waals surface area contributed by atoms with Gasteiger partial charge in [0, 0.05) is 27.0 Å². The van der Waals surface area contributed by atoms with Gasteiger partial charge in [-0.15, -0.1) is 0 Å². The van der Waals surface area contributed by atoms with Crippen molar-refractivity contribution in [1.82, 2.24) is 5.32 Å². The Morgan fingerprint density at radius 3 is 2.58 bits per heavy atom. The molecule has 3 atom stereocenters. The van der Waals surface area contributed by atoms with Crippen LogP contribution in [0, 0.1) is 12.8 Å². The van der Waals surface area contributed by atoms with E-state index in [1.807, 2.05) is 55.1 Å². The summed E-state index contributed by atoms with van der Waals surface area (Å²) in [6.07, 6.45) is 0. The minimum atomic E-state index is -1.10. The highest BCUT2D eigenvalue weighted by Gasteiger charge is 2.59. The summed E-state index contributed by atoms with van der Waals surface area (Å²) in [6, 6.07) is 20.0. The molecule has 8 heteroatoms. The first kappa shape index (κ1) is 22.0. The average Bonchev–Trinajstić information content (AvgIpc) is 2.75. The number of nitrogens with one attached hydrogen (secondary N) is 2.